The van der Waals surface area contributed by atoms with E-state index in [0.717, 1.165) is 36.4 Å². The zero-order valence-corrected chi connectivity index (χ0v) is 14.2. The first-order chi connectivity index (χ1) is 10.4. The quantitative estimate of drug-likeness (QED) is 0.789. The van der Waals surface area contributed by atoms with Gasteiger partial charge in [-0.1, -0.05) is 12.1 Å². The van der Waals surface area contributed by atoms with Crippen molar-refractivity contribution in [3.63, 3.8) is 0 Å². The van der Waals surface area contributed by atoms with Crippen molar-refractivity contribution in [2.24, 2.45) is 0 Å². The molecule has 0 fully saturated rings. The molecule has 2 rings (SSSR count). The Labute approximate surface area is 132 Å². The van der Waals surface area contributed by atoms with Crippen LogP contribution in [0.25, 0.3) is 11.0 Å². The lowest BCUT2D eigenvalue weighted by Gasteiger charge is -2.12. The molecule has 0 aliphatic rings. The van der Waals surface area contributed by atoms with Gasteiger partial charge in [-0.05, 0) is 39.2 Å². The van der Waals surface area contributed by atoms with E-state index in [1.807, 2.05) is 18.2 Å². The van der Waals surface area contributed by atoms with Gasteiger partial charge in [-0.2, -0.15) is 0 Å². The number of para-hydroxylation sites is 2. The summed E-state index contributed by atoms with van der Waals surface area (Å²) in [4.78, 5) is 6.80. The first kappa shape index (κ1) is 16.9. The maximum absolute atomic E-state index is 11.2. The van der Waals surface area contributed by atoms with Gasteiger partial charge in [0.15, 0.2) is 0 Å². The molecule has 0 saturated heterocycles. The van der Waals surface area contributed by atoms with Crippen LogP contribution in [0.2, 0.25) is 0 Å². The summed E-state index contributed by atoms with van der Waals surface area (Å²) in [5, 5.41) is 0. The first-order valence-corrected chi connectivity index (χ1v) is 9.29. The van der Waals surface area contributed by atoms with Crippen LogP contribution >= 0.6 is 0 Å². The van der Waals surface area contributed by atoms with Crippen LogP contribution in [0, 0.1) is 0 Å². The van der Waals surface area contributed by atoms with Crippen LogP contribution < -0.4 is 4.72 Å². The number of nitrogens with one attached hydrogen (secondary N) is 1. The molecule has 1 aromatic heterocycles. The highest BCUT2D eigenvalue weighted by Crippen LogP contribution is 2.17. The van der Waals surface area contributed by atoms with E-state index in [0.29, 0.717) is 13.0 Å². The highest BCUT2D eigenvalue weighted by Gasteiger charge is 2.11. The molecule has 0 bridgehead atoms. The molecule has 7 heteroatoms. The summed E-state index contributed by atoms with van der Waals surface area (Å²) in [5.41, 5.74) is 2.07. The van der Waals surface area contributed by atoms with Gasteiger partial charge in [0.05, 0.1) is 17.3 Å². The van der Waals surface area contributed by atoms with Crippen molar-refractivity contribution in [2.75, 3.05) is 33.4 Å². The fourth-order valence-corrected chi connectivity index (χ4v) is 2.93. The molecule has 22 heavy (non-hydrogen) atoms. The Morgan fingerprint density at radius 1 is 1.27 bits per heavy atom. The van der Waals surface area contributed by atoms with Gasteiger partial charge < -0.3 is 9.47 Å². The van der Waals surface area contributed by atoms with E-state index in [1.165, 1.54) is 6.26 Å². The van der Waals surface area contributed by atoms with Gasteiger partial charge in [-0.3, -0.25) is 0 Å². The number of hydrogen-bond donors (Lipinski definition) is 1. The molecule has 0 spiro atoms. The van der Waals surface area contributed by atoms with Crippen molar-refractivity contribution in [3.05, 3.63) is 30.1 Å². The molecule has 1 N–H and O–H groups in total. The molecule has 0 unspecified atom stereocenters. The van der Waals surface area contributed by atoms with E-state index in [4.69, 9.17) is 0 Å². The molecule has 1 heterocycles. The van der Waals surface area contributed by atoms with E-state index in [9.17, 15) is 8.42 Å². The average Bonchev–Trinajstić information content (AvgIpc) is 2.75. The highest BCUT2D eigenvalue weighted by molar-refractivity contribution is 7.88. The van der Waals surface area contributed by atoms with Gasteiger partial charge in [0, 0.05) is 19.5 Å². The Morgan fingerprint density at radius 2 is 2.00 bits per heavy atom. The number of aromatic nitrogens is 2. The molecule has 122 valence electrons. The van der Waals surface area contributed by atoms with Crippen molar-refractivity contribution in [1.29, 1.82) is 0 Å². The minimum atomic E-state index is -3.16. The highest BCUT2D eigenvalue weighted by atomic mass is 32.2. The third-order valence-electron chi connectivity index (χ3n) is 3.43. The SMILES string of the molecule is CN(C)CCCn1c(CCNS(C)(=O)=O)nc2ccccc21. The second kappa shape index (κ2) is 7.21. The van der Waals surface area contributed by atoms with Crippen molar-refractivity contribution < 1.29 is 8.42 Å². The summed E-state index contributed by atoms with van der Waals surface area (Å²) in [6, 6.07) is 8.03. The third-order valence-corrected chi connectivity index (χ3v) is 4.16. The Bertz CT molecular complexity index is 722. The minimum absolute atomic E-state index is 0.371. The number of sulfonamides is 1. The summed E-state index contributed by atoms with van der Waals surface area (Å²) in [6.07, 6.45) is 2.79. The van der Waals surface area contributed by atoms with E-state index in [2.05, 4.69) is 39.3 Å². The van der Waals surface area contributed by atoms with Crippen LogP contribution in [-0.4, -0.2) is 56.3 Å². The zero-order chi connectivity index (χ0) is 16.2. The van der Waals surface area contributed by atoms with Crippen LogP contribution in [0.4, 0.5) is 0 Å². The van der Waals surface area contributed by atoms with Crippen LogP contribution in [0.1, 0.15) is 12.2 Å². The first-order valence-electron chi connectivity index (χ1n) is 7.40. The lowest BCUT2D eigenvalue weighted by molar-refractivity contribution is 0.386. The molecule has 0 saturated carbocycles. The van der Waals surface area contributed by atoms with Gasteiger partial charge in [0.2, 0.25) is 10.0 Å². The lowest BCUT2D eigenvalue weighted by Crippen LogP contribution is -2.25. The minimum Gasteiger partial charge on any atom is -0.328 e. The number of rotatable bonds is 8. The number of hydrogen-bond acceptors (Lipinski definition) is 4. The molecular weight excluding hydrogens is 300 g/mol. The number of benzene rings is 1. The van der Waals surface area contributed by atoms with Gasteiger partial charge in [0.25, 0.3) is 0 Å². The van der Waals surface area contributed by atoms with E-state index < -0.39 is 10.0 Å². The van der Waals surface area contributed by atoms with Crippen molar-refractivity contribution in [3.8, 4) is 0 Å². The average molecular weight is 324 g/mol. The molecule has 0 aliphatic heterocycles. The van der Waals surface area contributed by atoms with E-state index >= 15 is 0 Å². The predicted molar refractivity (Wildman–Crippen MR) is 89.5 cm³/mol. The molecule has 6 nitrogen and oxygen atoms in total. The zero-order valence-electron chi connectivity index (χ0n) is 13.4. The second-order valence-electron chi connectivity index (χ2n) is 5.74. The van der Waals surface area contributed by atoms with E-state index in [1.54, 1.807) is 0 Å². The summed E-state index contributed by atoms with van der Waals surface area (Å²) in [5.74, 6) is 0.927. The maximum atomic E-state index is 11.2. The number of fused-ring (bicyclic) bond motifs is 1. The summed E-state index contributed by atoms with van der Waals surface area (Å²) in [7, 11) is 0.958. The normalized spacial score (nSPS) is 12.4. The van der Waals surface area contributed by atoms with Crippen LogP contribution in [0.3, 0.4) is 0 Å². The van der Waals surface area contributed by atoms with Crippen molar-refractivity contribution >= 4 is 21.1 Å². The second-order valence-corrected chi connectivity index (χ2v) is 7.57. The van der Waals surface area contributed by atoms with Crippen molar-refractivity contribution in [2.45, 2.75) is 19.4 Å². The van der Waals surface area contributed by atoms with Crippen molar-refractivity contribution in [1.82, 2.24) is 19.2 Å². The van der Waals surface area contributed by atoms with Gasteiger partial charge in [-0.25, -0.2) is 18.1 Å². The fourth-order valence-electron chi connectivity index (χ4n) is 2.46. The summed E-state index contributed by atoms with van der Waals surface area (Å²) < 4.78 is 27.1. The Balaban J connectivity index is 2.16. The van der Waals surface area contributed by atoms with Gasteiger partial charge in [0.1, 0.15) is 5.82 Å². The molecule has 0 radical (unpaired) electrons. The summed E-state index contributed by atoms with van der Waals surface area (Å²) in [6.45, 7) is 2.26. The third kappa shape index (κ3) is 4.79. The molecule has 1 aromatic carbocycles. The number of nitrogens with zero attached hydrogens (tertiary/aromatic N) is 3. The molecule has 0 amide bonds. The smallest absolute Gasteiger partial charge is 0.208 e. The topological polar surface area (TPSA) is 67.2 Å². The molecule has 0 aliphatic carbocycles. The standard InChI is InChI=1S/C15H24N4O2S/c1-18(2)11-6-12-19-14-8-5-4-7-13(14)17-15(19)9-10-16-22(3,20)21/h4-5,7-8,16H,6,9-12H2,1-3H3. The molecular formula is C15H24N4O2S. The Hall–Kier alpha value is -1.44. The Kier molecular flexibility index (Phi) is 5.55. The lowest BCUT2D eigenvalue weighted by atomic mass is 10.3. The monoisotopic (exact) mass is 324 g/mol. The summed E-state index contributed by atoms with van der Waals surface area (Å²) >= 11 is 0. The van der Waals surface area contributed by atoms with Crippen LogP contribution in [0.15, 0.2) is 24.3 Å². The number of aryl methyl sites for hydroxylation is 1. The van der Waals surface area contributed by atoms with E-state index in [-0.39, 0.29) is 0 Å². The molecule has 2 aromatic rings. The fraction of sp³-hybridized carbons (Fsp3) is 0.533. The van der Waals surface area contributed by atoms with Gasteiger partial charge in [-0.15, -0.1) is 0 Å². The van der Waals surface area contributed by atoms with Crippen LogP contribution in [0.5, 0.6) is 0 Å². The maximum Gasteiger partial charge on any atom is 0.208 e. The van der Waals surface area contributed by atoms with Gasteiger partial charge >= 0.3 is 0 Å². The number of imidazole rings is 1. The largest absolute Gasteiger partial charge is 0.328 e. The predicted octanol–water partition coefficient (Wildman–Crippen LogP) is 1.08. The molecule has 0 atom stereocenters. The Morgan fingerprint density at radius 3 is 2.68 bits per heavy atom. The van der Waals surface area contributed by atoms with Crippen LogP contribution in [-0.2, 0) is 23.0 Å².